The second-order valence-electron chi connectivity index (χ2n) is 5.17. The van der Waals surface area contributed by atoms with Gasteiger partial charge in [-0.1, -0.05) is 24.3 Å². The average molecular weight is 441 g/mol. The predicted molar refractivity (Wildman–Crippen MR) is 75.6 cm³/mol. The molecule has 2 aromatic carbocycles. The molecule has 0 bridgehead atoms. The number of nitrogens with zero attached hydrogens (tertiary/aromatic N) is 1. The molecule has 0 unspecified atom stereocenters. The smallest absolute Gasteiger partial charge is 0.170 e. The van der Waals surface area contributed by atoms with Gasteiger partial charge in [-0.2, -0.15) is 0 Å². The second-order valence-corrected chi connectivity index (χ2v) is 5.17. The van der Waals surface area contributed by atoms with Crippen LogP contribution < -0.4 is 0 Å². The third-order valence-corrected chi connectivity index (χ3v) is 3.40. The van der Waals surface area contributed by atoms with E-state index in [9.17, 15) is 4.79 Å². The molecular weight excluding hydrogens is 426 g/mol. The van der Waals surface area contributed by atoms with Crippen LogP contribution in [0.15, 0.2) is 53.5 Å². The van der Waals surface area contributed by atoms with Crippen molar-refractivity contribution < 1.29 is 24.9 Å². The Balaban J connectivity index is 0.00000147. The number of ketones is 1. The molecule has 0 N–H and O–H groups in total. The maximum Gasteiger partial charge on any atom is 0.170 e. The Morgan fingerprint density at radius 2 is 1.75 bits per heavy atom. The van der Waals surface area contributed by atoms with Crippen LogP contribution in [0.3, 0.4) is 0 Å². The first kappa shape index (κ1) is 14.8. The first-order chi connectivity index (χ1) is 9.09. The van der Waals surface area contributed by atoms with Gasteiger partial charge in [-0.15, -0.1) is 35.9 Å². The van der Waals surface area contributed by atoms with Crippen molar-refractivity contribution >= 4 is 11.5 Å². The van der Waals surface area contributed by atoms with Crippen LogP contribution >= 0.6 is 0 Å². The van der Waals surface area contributed by atoms with Gasteiger partial charge in [0.1, 0.15) is 0 Å². The number of rotatable bonds is 1. The molecule has 0 atom stereocenters. The van der Waals surface area contributed by atoms with E-state index in [1.54, 1.807) is 6.07 Å². The average Bonchev–Trinajstić information content (AvgIpc) is 2.44. The predicted octanol–water partition coefficient (Wildman–Crippen LogP) is 3.40. The number of carbonyl (C=O) groups excluding carboxylic acids is 1. The number of aliphatic imine (C=N–C) groups is 1. The summed E-state index contributed by atoms with van der Waals surface area (Å²) in [6.07, 6.45) is 0. The Labute approximate surface area is 132 Å². The molecule has 1 radical (unpaired) electrons. The van der Waals surface area contributed by atoms with Gasteiger partial charge in [0.05, 0.1) is 5.54 Å². The minimum atomic E-state index is -0.385. The number of hydrogen-bond acceptors (Lipinski definition) is 2. The van der Waals surface area contributed by atoms with E-state index in [2.05, 4.69) is 11.1 Å². The molecule has 0 amide bonds. The largest absolute Gasteiger partial charge is 0.318 e. The minimum Gasteiger partial charge on any atom is -0.318 e. The third-order valence-electron chi connectivity index (χ3n) is 3.40. The van der Waals surface area contributed by atoms with E-state index in [4.69, 9.17) is 0 Å². The van der Waals surface area contributed by atoms with Crippen LogP contribution in [0, 0.1) is 6.07 Å². The quantitative estimate of drug-likeness (QED) is 0.625. The van der Waals surface area contributed by atoms with Crippen molar-refractivity contribution in [1.29, 1.82) is 0 Å². The maximum absolute atomic E-state index is 12.6. The van der Waals surface area contributed by atoms with Crippen LogP contribution in [0.25, 0.3) is 0 Å². The molecule has 20 heavy (non-hydrogen) atoms. The van der Waals surface area contributed by atoms with Crippen LogP contribution in [0.4, 0.5) is 0 Å². The molecule has 0 spiro atoms. The van der Waals surface area contributed by atoms with Gasteiger partial charge in [0.2, 0.25) is 0 Å². The van der Waals surface area contributed by atoms with E-state index in [1.165, 1.54) is 0 Å². The standard InChI is InChI=1S/C17H14NO.Ir/c1-17(2)14-11-7-6-10-13(14)16(19)15(18-17)12-8-4-3-5-9-12;/h3-8,10-11H,1-2H3;/q-1;. The number of carbonyl (C=O) groups is 1. The van der Waals surface area contributed by atoms with Crippen molar-refractivity contribution in [3.8, 4) is 0 Å². The van der Waals surface area contributed by atoms with Crippen LogP contribution in [-0.4, -0.2) is 11.5 Å². The molecule has 1 heterocycles. The minimum absolute atomic E-state index is 0. The number of hydrogen-bond donors (Lipinski definition) is 0. The summed E-state index contributed by atoms with van der Waals surface area (Å²) in [5.74, 6) is -0.0163. The van der Waals surface area contributed by atoms with Gasteiger partial charge in [-0.3, -0.25) is 4.79 Å². The molecule has 0 fully saturated rings. The summed E-state index contributed by atoms with van der Waals surface area (Å²) in [6, 6.07) is 18.2. The van der Waals surface area contributed by atoms with Gasteiger partial charge < -0.3 is 4.99 Å². The van der Waals surface area contributed by atoms with Crippen molar-refractivity contribution in [2.24, 2.45) is 4.99 Å². The molecule has 1 aliphatic rings. The molecule has 0 saturated heterocycles. The van der Waals surface area contributed by atoms with Crippen molar-refractivity contribution in [1.82, 2.24) is 0 Å². The summed E-state index contributed by atoms with van der Waals surface area (Å²) in [4.78, 5) is 17.2. The van der Waals surface area contributed by atoms with Gasteiger partial charge in [-0.05, 0) is 19.4 Å². The second kappa shape index (κ2) is 5.43. The molecule has 2 aromatic rings. The van der Waals surface area contributed by atoms with Gasteiger partial charge in [-0.25, -0.2) is 0 Å². The van der Waals surface area contributed by atoms with Crippen molar-refractivity contribution in [3.05, 3.63) is 71.3 Å². The fourth-order valence-corrected chi connectivity index (χ4v) is 2.46. The Bertz CT molecular complexity index is 674. The summed E-state index contributed by atoms with van der Waals surface area (Å²) in [7, 11) is 0. The number of benzene rings is 2. The van der Waals surface area contributed by atoms with Gasteiger partial charge in [0, 0.05) is 31.4 Å². The van der Waals surface area contributed by atoms with E-state index in [0.29, 0.717) is 5.71 Å². The Hall–Kier alpha value is -1.57. The monoisotopic (exact) mass is 441 g/mol. The fraction of sp³-hybridized carbons (Fsp3) is 0.176. The Morgan fingerprint density at radius 1 is 1.05 bits per heavy atom. The van der Waals surface area contributed by atoms with Crippen LogP contribution in [-0.2, 0) is 25.6 Å². The van der Waals surface area contributed by atoms with Crippen LogP contribution in [0.1, 0.15) is 35.3 Å². The van der Waals surface area contributed by atoms with E-state index < -0.39 is 0 Å². The van der Waals surface area contributed by atoms with Crippen LogP contribution in [0.2, 0.25) is 0 Å². The van der Waals surface area contributed by atoms with Crippen molar-refractivity contribution in [2.75, 3.05) is 0 Å². The normalized spacial score (nSPS) is 15.9. The zero-order chi connectivity index (χ0) is 13.5. The molecule has 3 rings (SSSR count). The molecule has 3 heteroatoms. The maximum atomic E-state index is 12.6. The summed E-state index contributed by atoms with van der Waals surface area (Å²) in [5, 5.41) is 0. The van der Waals surface area contributed by atoms with E-state index >= 15 is 0 Å². The third kappa shape index (κ3) is 2.39. The molecule has 103 valence electrons. The van der Waals surface area contributed by atoms with Gasteiger partial charge >= 0.3 is 0 Å². The van der Waals surface area contributed by atoms with E-state index in [-0.39, 0.29) is 31.4 Å². The Morgan fingerprint density at radius 3 is 2.45 bits per heavy atom. The van der Waals surface area contributed by atoms with Crippen molar-refractivity contribution in [2.45, 2.75) is 19.4 Å². The summed E-state index contributed by atoms with van der Waals surface area (Å²) >= 11 is 0. The summed E-state index contributed by atoms with van der Waals surface area (Å²) < 4.78 is 0. The Kier molecular flexibility index (Phi) is 4.03. The fourth-order valence-electron chi connectivity index (χ4n) is 2.46. The van der Waals surface area contributed by atoms with E-state index in [0.717, 1.165) is 16.7 Å². The summed E-state index contributed by atoms with van der Waals surface area (Å²) in [5.41, 5.74) is 2.61. The summed E-state index contributed by atoms with van der Waals surface area (Å²) in [6.45, 7) is 4.06. The molecule has 0 saturated carbocycles. The zero-order valence-corrected chi connectivity index (χ0v) is 13.7. The molecule has 0 aliphatic carbocycles. The SMILES string of the molecule is CC1(C)N=C(c2[c-]cccc2)C(=O)c2ccccc21.[Ir]. The van der Waals surface area contributed by atoms with Crippen LogP contribution in [0.5, 0.6) is 0 Å². The molecule has 0 aromatic heterocycles. The zero-order valence-electron chi connectivity index (χ0n) is 11.3. The number of Topliss-reactive ketones (excluding diaryl/α,β-unsaturated/α-hetero) is 1. The topological polar surface area (TPSA) is 29.4 Å². The first-order valence-electron chi connectivity index (χ1n) is 6.31. The van der Waals surface area contributed by atoms with Gasteiger partial charge in [0.15, 0.2) is 5.78 Å². The van der Waals surface area contributed by atoms with E-state index in [1.807, 2.05) is 56.3 Å². The molecular formula is C17H14IrNO-. The first-order valence-corrected chi connectivity index (χ1v) is 6.31. The molecule has 2 nitrogen and oxygen atoms in total. The van der Waals surface area contributed by atoms with Gasteiger partial charge in [0.25, 0.3) is 0 Å². The molecule has 1 aliphatic heterocycles. The van der Waals surface area contributed by atoms with Crippen molar-refractivity contribution in [3.63, 3.8) is 0 Å². The number of fused-ring (bicyclic) bond motifs is 1.